The molecule has 2 aliphatic heterocycles. The Labute approximate surface area is 136 Å². The van der Waals surface area contributed by atoms with Gasteiger partial charge >= 0.3 is 0 Å². The second-order valence-electron chi connectivity index (χ2n) is 7.43. The largest absolute Gasteiger partial charge is 0.354 e. The zero-order chi connectivity index (χ0) is 15.3. The molecule has 3 rings (SSSR count). The van der Waals surface area contributed by atoms with Crippen molar-refractivity contribution < 1.29 is 0 Å². The number of hydrogen-bond donors (Lipinski definition) is 1. The van der Waals surface area contributed by atoms with E-state index in [0.29, 0.717) is 5.54 Å². The number of nitrogens with zero attached hydrogens (tertiary/aromatic N) is 3. The van der Waals surface area contributed by atoms with E-state index in [9.17, 15) is 0 Å². The molecule has 1 N–H and O–H groups in total. The van der Waals surface area contributed by atoms with Gasteiger partial charge in [-0.3, -0.25) is 9.89 Å². The van der Waals surface area contributed by atoms with Crippen LogP contribution in [0.25, 0.3) is 0 Å². The molecule has 4 heteroatoms. The van der Waals surface area contributed by atoms with Crippen molar-refractivity contribution >= 4 is 5.96 Å². The number of rotatable bonds is 3. The third-order valence-electron chi connectivity index (χ3n) is 6.00. The van der Waals surface area contributed by atoms with Crippen molar-refractivity contribution in [3.05, 3.63) is 0 Å². The first-order chi connectivity index (χ1) is 10.8. The summed E-state index contributed by atoms with van der Waals surface area (Å²) in [6, 6.07) is 0. The highest BCUT2D eigenvalue weighted by atomic mass is 15.3. The molecule has 2 saturated heterocycles. The third kappa shape index (κ3) is 3.58. The van der Waals surface area contributed by atoms with E-state index in [-0.39, 0.29) is 0 Å². The standard InChI is InChI=1S/C18H34N4/c1-19-17(21-12-8-9-13-21)20-16-18(10-4-2-5-11-18)22-14-6-3-7-15-22/h2-16H2,1H3,(H,19,20). The van der Waals surface area contributed by atoms with Crippen molar-refractivity contribution in [2.45, 2.75) is 69.7 Å². The molecule has 1 aliphatic carbocycles. The molecule has 0 spiro atoms. The summed E-state index contributed by atoms with van der Waals surface area (Å²) in [4.78, 5) is 9.80. The average molecular weight is 306 g/mol. The fraction of sp³-hybridized carbons (Fsp3) is 0.944. The van der Waals surface area contributed by atoms with Crippen LogP contribution in [0.1, 0.15) is 64.2 Å². The quantitative estimate of drug-likeness (QED) is 0.642. The van der Waals surface area contributed by atoms with Crippen LogP contribution < -0.4 is 5.32 Å². The van der Waals surface area contributed by atoms with E-state index in [0.717, 1.165) is 12.5 Å². The third-order valence-corrected chi connectivity index (χ3v) is 6.00. The van der Waals surface area contributed by atoms with Gasteiger partial charge in [-0.1, -0.05) is 25.7 Å². The van der Waals surface area contributed by atoms with E-state index < -0.39 is 0 Å². The van der Waals surface area contributed by atoms with E-state index in [1.807, 2.05) is 7.05 Å². The molecular formula is C18H34N4. The summed E-state index contributed by atoms with van der Waals surface area (Å²) in [7, 11) is 1.94. The van der Waals surface area contributed by atoms with Gasteiger partial charge in [-0.2, -0.15) is 0 Å². The van der Waals surface area contributed by atoms with Crippen molar-refractivity contribution in [2.75, 3.05) is 39.8 Å². The van der Waals surface area contributed by atoms with Gasteiger partial charge in [0.15, 0.2) is 5.96 Å². The van der Waals surface area contributed by atoms with E-state index in [1.54, 1.807) is 0 Å². The van der Waals surface area contributed by atoms with Gasteiger partial charge in [-0.05, 0) is 51.6 Å². The van der Waals surface area contributed by atoms with Gasteiger partial charge in [-0.15, -0.1) is 0 Å². The van der Waals surface area contributed by atoms with E-state index in [4.69, 9.17) is 0 Å². The fourth-order valence-corrected chi connectivity index (χ4v) is 4.69. The lowest BCUT2D eigenvalue weighted by Gasteiger charge is -2.48. The predicted octanol–water partition coefficient (Wildman–Crippen LogP) is 2.85. The molecule has 3 aliphatic rings. The van der Waals surface area contributed by atoms with Crippen LogP contribution in [0, 0.1) is 0 Å². The van der Waals surface area contributed by atoms with Crippen molar-refractivity contribution in [1.82, 2.24) is 15.1 Å². The summed E-state index contributed by atoms with van der Waals surface area (Å²) in [6.07, 6.45) is 13.8. The second-order valence-corrected chi connectivity index (χ2v) is 7.43. The summed E-state index contributed by atoms with van der Waals surface area (Å²) >= 11 is 0. The Morgan fingerprint density at radius 2 is 1.45 bits per heavy atom. The number of hydrogen-bond acceptors (Lipinski definition) is 2. The number of likely N-dealkylation sites (tertiary alicyclic amines) is 2. The van der Waals surface area contributed by atoms with Gasteiger partial charge in [0.25, 0.3) is 0 Å². The van der Waals surface area contributed by atoms with Crippen LogP contribution in [0.4, 0.5) is 0 Å². The number of nitrogens with one attached hydrogen (secondary N) is 1. The zero-order valence-electron chi connectivity index (χ0n) is 14.4. The number of piperidine rings is 1. The molecule has 0 radical (unpaired) electrons. The maximum atomic E-state index is 4.54. The van der Waals surface area contributed by atoms with E-state index in [2.05, 4.69) is 20.1 Å². The highest BCUT2D eigenvalue weighted by molar-refractivity contribution is 5.80. The molecule has 1 saturated carbocycles. The van der Waals surface area contributed by atoms with Gasteiger partial charge in [0.05, 0.1) is 0 Å². The molecule has 0 aromatic rings. The molecule has 0 amide bonds. The summed E-state index contributed by atoms with van der Waals surface area (Å²) < 4.78 is 0. The molecule has 22 heavy (non-hydrogen) atoms. The fourth-order valence-electron chi connectivity index (χ4n) is 4.69. The topological polar surface area (TPSA) is 30.9 Å². The van der Waals surface area contributed by atoms with E-state index >= 15 is 0 Å². The molecule has 0 aromatic heterocycles. The average Bonchev–Trinajstić information content (AvgIpc) is 3.12. The molecule has 2 heterocycles. The Kier molecular flexibility index (Phi) is 5.61. The Morgan fingerprint density at radius 1 is 0.864 bits per heavy atom. The summed E-state index contributed by atoms with van der Waals surface area (Å²) in [5.41, 5.74) is 0.397. The van der Waals surface area contributed by atoms with Crippen molar-refractivity contribution in [3.8, 4) is 0 Å². The van der Waals surface area contributed by atoms with Crippen molar-refractivity contribution in [1.29, 1.82) is 0 Å². The predicted molar refractivity (Wildman–Crippen MR) is 93.4 cm³/mol. The van der Waals surface area contributed by atoms with Gasteiger partial charge < -0.3 is 10.2 Å². The lowest BCUT2D eigenvalue weighted by Crippen LogP contribution is -2.59. The molecule has 0 aromatic carbocycles. The number of aliphatic imine (C=N–C) groups is 1. The van der Waals surface area contributed by atoms with Crippen LogP contribution in [0.3, 0.4) is 0 Å². The smallest absolute Gasteiger partial charge is 0.193 e. The van der Waals surface area contributed by atoms with Gasteiger partial charge in [0.2, 0.25) is 0 Å². The van der Waals surface area contributed by atoms with E-state index in [1.165, 1.54) is 90.4 Å². The molecule has 0 bridgehead atoms. The molecular weight excluding hydrogens is 272 g/mol. The maximum absolute atomic E-state index is 4.54. The summed E-state index contributed by atoms with van der Waals surface area (Å²) in [5, 5.41) is 3.75. The maximum Gasteiger partial charge on any atom is 0.193 e. The highest BCUT2D eigenvalue weighted by Gasteiger charge is 2.38. The Hall–Kier alpha value is -0.770. The Morgan fingerprint density at radius 3 is 2.09 bits per heavy atom. The lowest BCUT2D eigenvalue weighted by atomic mass is 9.79. The molecule has 4 nitrogen and oxygen atoms in total. The Bertz CT molecular complexity index is 361. The number of guanidine groups is 1. The van der Waals surface area contributed by atoms with Crippen LogP contribution in [0.2, 0.25) is 0 Å². The minimum absolute atomic E-state index is 0.397. The van der Waals surface area contributed by atoms with Gasteiger partial charge in [-0.25, -0.2) is 0 Å². The molecule has 0 unspecified atom stereocenters. The van der Waals surface area contributed by atoms with Crippen LogP contribution in [-0.4, -0.2) is 61.1 Å². The van der Waals surface area contributed by atoms with Gasteiger partial charge in [0, 0.05) is 32.2 Å². The first kappa shape index (κ1) is 16.1. The zero-order valence-corrected chi connectivity index (χ0v) is 14.4. The minimum Gasteiger partial charge on any atom is -0.354 e. The van der Waals surface area contributed by atoms with Crippen molar-refractivity contribution in [2.24, 2.45) is 4.99 Å². The molecule has 3 fully saturated rings. The minimum atomic E-state index is 0.397. The second kappa shape index (κ2) is 7.67. The van der Waals surface area contributed by atoms with Crippen LogP contribution in [-0.2, 0) is 0 Å². The van der Waals surface area contributed by atoms with Crippen LogP contribution in [0.15, 0.2) is 4.99 Å². The highest BCUT2D eigenvalue weighted by Crippen LogP contribution is 2.35. The Balaban J connectivity index is 1.64. The first-order valence-electron chi connectivity index (χ1n) is 9.55. The first-order valence-corrected chi connectivity index (χ1v) is 9.55. The lowest BCUT2D eigenvalue weighted by molar-refractivity contribution is 0.0364. The SMILES string of the molecule is CN=C(NCC1(N2CCCCC2)CCCCC1)N1CCCC1. The normalized spacial score (nSPS) is 27.1. The van der Waals surface area contributed by atoms with Crippen molar-refractivity contribution in [3.63, 3.8) is 0 Å². The monoisotopic (exact) mass is 306 g/mol. The van der Waals surface area contributed by atoms with Crippen LogP contribution >= 0.6 is 0 Å². The molecule has 0 atom stereocenters. The van der Waals surface area contributed by atoms with Gasteiger partial charge in [0.1, 0.15) is 0 Å². The molecule has 126 valence electrons. The summed E-state index contributed by atoms with van der Waals surface area (Å²) in [6.45, 7) is 6.07. The summed E-state index contributed by atoms with van der Waals surface area (Å²) in [5.74, 6) is 1.14. The van der Waals surface area contributed by atoms with Crippen LogP contribution in [0.5, 0.6) is 0 Å².